The van der Waals surface area contributed by atoms with Gasteiger partial charge in [0.15, 0.2) is 17.8 Å². The molecule has 0 saturated carbocycles. The van der Waals surface area contributed by atoms with Crippen LogP contribution < -0.4 is 10.2 Å². The Balaban J connectivity index is 1.99. The molecule has 1 fully saturated rings. The van der Waals surface area contributed by atoms with Gasteiger partial charge in [-0.1, -0.05) is 0 Å². The van der Waals surface area contributed by atoms with Gasteiger partial charge in [-0.3, -0.25) is 9.98 Å². The highest BCUT2D eigenvalue weighted by Gasteiger charge is 2.50. The second-order valence-electron chi connectivity index (χ2n) is 3.82. The molecule has 2 aliphatic heterocycles. The van der Waals surface area contributed by atoms with Gasteiger partial charge in [0.05, 0.1) is 6.61 Å². The maximum atomic E-state index is 9.80. The van der Waals surface area contributed by atoms with Crippen molar-refractivity contribution in [3.63, 3.8) is 0 Å². The molecule has 4 atom stereocenters. The number of hydrogen-bond acceptors (Lipinski definition) is 6. The lowest BCUT2D eigenvalue weighted by atomic mass is 10.1. The van der Waals surface area contributed by atoms with Crippen molar-refractivity contribution in [3.05, 3.63) is 17.8 Å². The maximum absolute atomic E-state index is 9.80. The molecule has 0 amide bonds. The Labute approximate surface area is 90.4 Å². The minimum atomic E-state index is -0.883. The van der Waals surface area contributed by atoms with Gasteiger partial charge in [-0.25, -0.2) is 0 Å². The van der Waals surface area contributed by atoms with Gasteiger partial charge in [-0.2, -0.15) is 4.98 Å². The number of aromatic nitrogens is 2. The number of aliphatic hydroxyl groups excluding tert-OH is 2. The van der Waals surface area contributed by atoms with Gasteiger partial charge in [-0.05, 0) is 6.07 Å². The quantitative estimate of drug-likeness (QED) is 0.533. The predicted octanol–water partition coefficient (Wildman–Crippen LogP) is -1.63. The van der Waals surface area contributed by atoms with Crippen LogP contribution in [0.3, 0.4) is 0 Å². The molecule has 1 aromatic rings. The van der Waals surface area contributed by atoms with Gasteiger partial charge in [0.2, 0.25) is 0 Å². The number of rotatable bonds is 1. The molecule has 3 heterocycles. The topological polar surface area (TPSA) is 101 Å². The molecule has 0 bridgehead atoms. The third-order valence-electron chi connectivity index (χ3n) is 2.84. The highest BCUT2D eigenvalue weighted by molar-refractivity contribution is 5.10. The van der Waals surface area contributed by atoms with Gasteiger partial charge in [-0.15, -0.1) is 0 Å². The molecular weight excluding hydrogens is 214 g/mol. The highest BCUT2D eigenvalue weighted by Crippen LogP contribution is 2.38. The van der Waals surface area contributed by atoms with Crippen LogP contribution in [-0.4, -0.2) is 44.7 Å². The third kappa shape index (κ3) is 1.19. The summed E-state index contributed by atoms with van der Waals surface area (Å²) < 4.78 is 12.5. The molecule has 3 rings (SSSR count). The molecule has 2 aliphatic rings. The fraction of sp³-hybridized carbons (Fsp3) is 0.556. The summed E-state index contributed by atoms with van der Waals surface area (Å²) in [6.45, 7) is -0.253. The normalized spacial score (nSPS) is 35.6. The van der Waals surface area contributed by atoms with Gasteiger partial charge in [0.1, 0.15) is 12.2 Å². The van der Waals surface area contributed by atoms with Crippen LogP contribution in [0.2, 0.25) is 0 Å². The van der Waals surface area contributed by atoms with E-state index in [9.17, 15) is 5.11 Å². The maximum Gasteiger partial charge on any atom is 0.301 e. The van der Waals surface area contributed by atoms with E-state index in [1.807, 2.05) is 0 Å². The van der Waals surface area contributed by atoms with Crippen LogP contribution in [0.4, 0.5) is 0 Å². The lowest BCUT2D eigenvalue weighted by Crippen LogP contribution is -2.34. The number of aliphatic hydroxyl groups is 2. The minimum Gasteiger partial charge on any atom is -0.454 e. The molecule has 7 nitrogen and oxygen atoms in total. The second-order valence-corrected chi connectivity index (χ2v) is 3.82. The van der Waals surface area contributed by atoms with Gasteiger partial charge in [0, 0.05) is 6.20 Å². The van der Waals surface area contributed by atoms with Crippen LogP contribution in [0.1, 0.15) is 6.23 Å². The van der Waals surface area contributed by atoms with Crippen molar-refractivity contribution >= 4 is 0 Å². The molecule has 0 aromatic carbocycles. The van der Waals surface area contributed by atoms with E-state index in [-0.39, 0.29) is 18.1 Å². The summed E-state index contributed by atoms with van der Waals surface area (Å²) in [6, 6.07) is 1.77. The fourth-order valence-electron chi connectivity index (χ4n) is 2.04. The second kappa shape index (κ2) is 3.27. The van der Waals surface area contributed by atoms with E-state index in [2.05, 4.69) is 4.98 Å². The van der Waals surface area contributed by atoms with Crippen molar-refractivity contribution in [2.24, 2.45) is 0 Å². The number of nitrogens with zero attached hydrogens (tertiary/aromatic N) is 2. The highest BCUT2D eigenvalue weighted by atomic mass is 16.6. The first-order chi connectivity index (χ1) is 7.70. The lowest BCUT2D eigenvalue weighted by molar-refractivity contribution is -0.0434. The molecular formula is C9H11N3O4. The molecule has 0 aliphatic carbocycles. The average molecular weight is 225 g/mol. The van der Waals surface area contributed by atoms with E-state index in [0.717, 1.165) is 0 Å². The average Bonchev–Trinajstić information content (AvgIpc) is 2.75. The molecule has 0 radical (unpaired) electrons. The summed E-state index contributed by atoms with van der Waals surface area (Å²) in [4.78, 5) is 3.88. The van der Waals surface area contributed by atoms with E-state index < -0.39 is 24.5 Å². The van der Waals surface area contributed by atoms with Crippen molar-refractivity contribution in [2.45, 2.75) is 24.5 Å². The molecule has 3 N–H and O–H groups in total. The Bertz CT molecular complexity index is 474. The van der Waals surface area contributed by atoms with Crippen molar-refractivity contribution < 1.29 is 19.7 Å². The first-order valence-corrected chi connectivity index (χ1v) is 4.95. The van der Waals surface area contributed by atoms with E-state index in [1.165, 1.54) is 6.07 Å². The number of fused-ring (bicyclic) bond motifs is 3. The van der Waals surface area contributed by atoms with Gasteiger partial charge < -0.3 is 19.7 Å². The molecule has 16 heavy (non-hydrogen) atoms. The summed E-state index contributed by atoms with van der Waals surface area (Å²) in [5.74, 6) is 0. The van der Waals surface area contributed by atoms with Crippen LogP contribution in [-0.2, 0) is 4.74 Å². The smallest absolute Gasteiger partial charge is 0.301 e. The lowest BCUT2D eigenvalue weighted by Gasteiger charge is -2.14. The van der Waals surface area contributed by atoms with Crippen molar-refractivity contribution in [2.75, 3.05) is 6.61 Å². The minimum absolute atomic E-state index is 0.0967. The van der Waals surface area contributed by atoms with Crippen molar-refractivity contribution in [3.8, 4) is 6.01 Å². The molecule has 1 aromatic heterocycles. The monoisotopic (exact) mass is 225 g/mol. The summed E-state index contributed by atoms with van der Waals surface area (Å²) >= 11 is 0. The Morgan fingerprint density at radius 1 is 1.56 bits per heavy atom. The zero-order valence-electron chi connectivity index (χ0n) is 8.28. The first-order valence-electron chi connectivity index (χ1n) is 4.95. The van der Waals surface area contributed by atoms with Crippen LogP contribution in [0.5, 0.6) is 6.01 Å². The SMILES string of the molecule is N=c1ccn2c(n1)O[C@H]1[C@@H](O)[C@@H](CO)O[C@@H]12. The molecule has 1 saturated heterocycles. The Morgan fingerprint density at radius 2 is 2.38 bits per heavy atom. The van der Waals surface area contributed by atoms with Crippen LogP contribution >= 0.6 is 0 Å². The number of ether oxygens (including phenoxy) is 2. The van der Waals surface area contributed by atoms with E-state index in [4.69, 9.17) is 20.0 Å². The first kappa shape index (κ1) is 9.76. The Morgan fingerprint density at radius 3 is 3.12 bits per heavy atom. The molecule has 7 heteroatoms. The zero-order valence-corrected chi connectivity index (χ0v) is 8.28. The standard InChI is InChI=1S/C9H11N3O4/c10-5-1-2-12-8-7(16-9(12)11-5)6(14)4(3-13)15-8/h1-2,4,6-8,10,13-14H,3H2/t4-,6+,7+,8+/m1/s1. The van der Waals surface area contributed by atoms with Crippen molar-refractivity contribution in [1.29, 1.82) is 5.41 Å². The Kier molecular flexibility index (Phi) is 2.00. The van der Waals surface area contributed by atoms with Gasteiger partial charge >= 0.3 is 6.01 Å². The number of nitrogens with one attached hydrogen (secondary N) is 1. The predicted molar refractivity (Wildman–Crippen MR) is 49.5 cm³/mol. The van der Waals surface area contributed by atoms with Crippen molar-refractivity contribution in [1.82, 2.24) is 9.55 Å². The number of hydrogen-bond donors (Lipinski definition) is 3. The van der Waals surface area contributed by atoms with E-state index in [1.54, 1.807) is 10.8 Å². The van der Waals surface area contributed by atoms with Crippen LogP contribution in [0, 0.1) is 5.41 Å². The fourth-order valence-corrected chi connectivity index (χ4v) is 2.04. The molecule has 0 spiro atoms. The summed E-state index contributed by atoms with van der Waals surface area (Å²) in [6.07, 6.45) is -0.930. The molecule has 0 unspecified atom stereocenters. The summed E-state index contributed by atoms with van der Waals surface area (Å²) in [5, 5.41) is 26.1. The summed E-state index contributed by atoms with van der Waals surface area (Å²) in [5.41, 5.74) is 0.0967. The van der Waals surface area contributed by atoms with E-state index in [0.29, 0.717) is 0 Å². The largest absolute Gasteiger partial charge is 0.454 e. The van der Waals surface area contributed by atoms with E-state index >= 15 is 0 Å². The Hall–Kier alpha value is -1.44. The van der Waals surface area contributed by atoms with Crippen LogP contribution in [0.15, 0.2) is 12.3 Å². The third-order valence-corrected chi connectivity index (χ3v) is 2.84. The van der Waals surface area contributed by atoms with Crippen LogP contribution in [0.25, 0.3) is 0 Å². The summed E-state index contributed by atoms with van der Waals surface area (Å²) in [7, 11) is 0. The molecule has 86 valence electrons. The van der Waals surface area contributed by atoms with Gasteiger partial charge in [0.25, 0.3) is 0 Å². The zero-order chi connectivity index (χ0) is 11.3.